The molecule has 1 unspecified atom stereocenters. The summed E-state index contributed by atoms with van der Waals surface area (Å²) >= 11 is 1.44. The van der Waals surface area contributed by atoms with Gasteiger partial charge in [0.15, 0.2) is 0 Å². The molecule has 4 rings (SSSR count). The van der Waals surface area contributed by atoms with E-state index in [1.54, 1.807) is 0 Å². The van der Waals surface area contributed by atoms with Gasteiger partial charge in [-0.1, -0.05) is 54.2 Å². The first kappa shape index (κ1) is 18.5. The molecule has 2 heterocycles. The van der Waals surface area contributed by atoms with Crippen molar-refractivity contribution < 1.29 is 9.53 Å². The van der Waals surface area contributed by atoms with Gasteiger partial charge in [-0.3, -0.25) is 9.69 Å². The van der Waals surface area contributed by atoms with Gasteiger partial charge in [0, 0.05) is 5.69 Å². The Bertz CT molecular complexity index is 974. The van der Waals surface area contributed by atoms with Crippen molar-refractivity contribution in [1.29, 1.82) is 0 Å². The lowest BCUT2D eigenvalue weighted by Gasteiger charge is -2.37. The van der Waals surface area contributed by atoms with Crippen molar-refractivity contribution in [3.8, 4) is 5.75 Å². The smallest absolute Gasteiger partial charge is 0.238 e. The average Bonchev–Trinajstić information content (AvgIpc) is 2.71. The van der Waals surface area contributed by atoms with Crippen LogP contribution in [-0.2, 0) is 4.79 Å². The quantitative estimate of drug-likeness (QED) is 0.489. The Morgan fingerprint density at radius 2 is 1.86 bits per heavy atom. The number of hydrogen-bond acceptors (Lipinski definition) is 5. The number of aryl methyl sites for hydroxylation is 2. The molecular weight excluding hydrogens is 370 g/mol. The first-order valence-electron chi connectivity index (χ1n) is 9.16. The summed E-state index contributed by atoms with van der Waals surface area (Å²) in [6.07, 6.45) is 0. The lowest BCUT2D eigenvalue weighted by Crippen LogP contribution is -2.42. The van der Waals surface area contributed by atoms with Gasteiger partial charge >= 0.3 is 0 Å². The molecule has 0 saturated carbocycles. The zero-order chi connectivity index (χ0) is 19.5. The summed E-state index contributed by atoms with van der Waals surface area (Å²) in [5.41, 5.74) is 2.77. The zero-order valence-electron chi connectivity index (χ0n) is 15.8. The highest BCUT2D eigenvalue weighted by Gasteiger charge is 2.33. The Kier molecular flexibility index (Phi) is 5.30. The molecule has 2 aromatic carbocycles. The van der Waals surface area contributed by atoms with Gasteiger partial charge in [-0.15, -0.1) is 0 Å². The molecule has 0 bridgehead atoms. The predicted molar refractivity (Wildman–Crippen MR) is 111 cm³/mol. The van der Waals surface area contributed by atoms with Crippen molar-refractivity contribution in [1.82, 2.24) is 9.97 Å². The van der Waals surface area contributed by atoms with Crippen molar-refractivity contribution in [3.05, 3.63) is 77.7 Å². The van der Waals surface area contributed by atoms with E-state index in [0.29, 0.717) is 18.2 Å². The molecule has 0 aliphatic carbocycles. The molecule has 0 fully saturated rings. The Hall–Kier alpha value is -2.86. The van der Waals surface area contributed by atoms with E-state index >= 15 is 0 Å². The van der Waals surface area contributed by atoms with Gasteiger partial charge in [-0.25, -0.2) is 9.97 Å². The number of hydrogen-bond donors (Lipinski definition) is 0. The van der Waals surface area contributed by atoms with Crippen molar-refractivity contribution >= 4 is 23.4 Å². The molecule has 1 aromatic heterocycles. The van der Waals surface area contributed by atoms with E-state index < -0.39 is 0 Å². The number of carbonyl (C=O) groups is 1. The molecule has 0 N–H and O–H groups in total. The standard InChI is InChI=1S/C22H21N3O2S/c1-15-12-21(24-16(2)23-15)28-14-22(26)25-18-10-6-7-11-20(18)27-13-19(25)17-8-4-3-5-9-17/h3-12,19H,13-14H2,1-2H3. The largest absolute Gasteiger partial charge is 0.489 e. The average molecular weight is 391 g/mol. The minimum absolute atomic E-state index is 0.0310. The van der Waals surface area contributed by atoms with Gasteiger partial charge in [0.05, 0.1) is 17.5 Å². The zero-order valence-corrected chi connectivity index (χ0v) is 16.6. The van der Waals surface area contributed by atoms with Crippen LogP contribution in [-0.4, -0.2) is 28.2 Å². The van der Waals surface area contributed by atoms with Crippen LogP contribution in [0.1, 0.15) is 23.1 Å². The van der Waals surface area contributed by atoms with Gasteiger partial charge in [-0.2, -0.15) is 0 Å². The lowest BCUT2D eigenvalue weighted by atomic mass is 10.0. The van der Waals surface area contributed by atoms with Gasteiger partial charge in [0.2, 0.25) is 5.91 Å². The molecule has 28 heavy (non-hydrogen) atoms. The second-order valence-corrected chi connectivity index (χ2v) is 7.65. The minimum Gasteiger partial charge on any atom is -0.489 e. The number of fused-ring (bicyclic) bond motifs is 1. The highest BCUT2D eigenvalue weighted by molar-refractivity contribution is 7.99. The number of thioether (sulfide) groups is 1. The molecule has 3 aromatic rings. The number of benzene rings is 2. The normalized spacial score (nSPS) is 15.6. The Morgan fingerprint density at radius 3 is 2.64 bits per heavy atom. The van der Waals surface area contributed by atoms with Crippen LogP contribution in [0.3, 0.4) is 0 Å². The Labute approximate surface area is 168 Å². The molecule has 1 aliphatic heterocycles. The third-order valence-electron chi connectivity index (χ3n) is 4.57. The monoisotopic (exact) mass is 391 g/mol. The molecule has 1 atom stereocenters. The second kappa shape index (κ2) is 8.02. The maximum atomic E-state index is 13.3. The molecule has 0 spiro atoms. The summed E-state index contributed by atoms with van der Waals surface area (Å²) < 4.78 is 5.94. The van der Waals surface area contributed by atoms with Crippen LogP contribution in [0.5, 0.6) is 5.75 Å². The van der Waals surface area contributed by atoms with Crippen LogP contribution < -0.4 is 9.64 Å². The third-order valence-corrected chi connectivity index (χ3v) is 5.47. The van der Waals surface area contributed by atoms with Crippen LogP contribution in [0.4, 0.5) is 5.69 Å². The maximum Gasteiger partial charge on any atom is 0.238 e. The van der Waals surface area contributed by atoms with Gasteiger partial charge in [0.1, 0.15) is 23.2 Å². The fourth-order valence-corrected chi connectivity index (χ4v) is 4.24. The van der Waals surface area contributed by atoms with Crippen molar-refractivity contribution in [3.63, 3.8) is 0 Å². The highest BCUT2D eigenvalue weighted by Crippen LogP contribution is 2.39. The molecule has 142 valence electrons. The summed E-state index contributed by atoms with van der Waals surface area (Å²) in [6, 6.07) is 19.5. The van der Waals surface area contributed by atoms with E-state index in [9.17, 15) is 4.79 Å². The van der Waals surface area contributed by atoms with Crippen LogP contribution in [0, 0.1) is 13.8 Å². The Balaban J connectivity index is 1.62. The molecule has 0 saturated heterocycles. The van der Waals surface area contributed by atoms with Crippen molar-refractivity contribution in [2.45, 2.75) is 24.9 Å². The molecular formula is C22H21N3O2S. The van der Waals surface area contributed by atoms with E-state index in [4.69, 9.17) is 4.74 Å². The first-order valence-corrected chi connectivity index (χ1v) is 10.1. The number of rotatable bonds is 4. The summed E-state index contributed by atoms with van der Waals surface area (Å²) in [7, 11) is 0. The van der Waals surface area contributed by atoms with E-state index in [1.807, 2.05) is 79.4 Å². The summed E-state index contributed by atoms with van der Waals surface area (Å²) in [5.74, 6) is 1.78. The number of aromatic nitrogens is 2. The molecule has 6 heteroatoms. The number of carbonyl (C=O) groups excluding carboxylic acids is 1. The third kappa shape index (κ3) is 3.87. The van der Waals surface area contributed by atoms with Crippen LogP contribution in [0.15, 0.2) is 65.7 Å². The summed E-state index contributed by atoms with van der Waals surface area (Å²) in [5, 5.41) is 0.816. The lowest BCUT2D eigenvalue weighted by molar-refractivity contribution is -0.117. The summed E-state index contributed by atoms with van der Waals surface area (Å²) in [6.45, 7) is 4.23. The number of para-hydroxylation sites is 2. The van der Waals surface area contributed by atoms with Gasteiger partial charge < -0.3 is 4.74 Å². The fourth-order valence-electron chi connectivity index (χ4n) is 3.38. The van der Waals surface area contributed by atoms with Crippen LogP contribution in [0.25, 0.3) is 0 Å². The van der Waals surface area contributed by atoms with E-state index in [0.717, 1.165) is 27.7 Å². The number of amides is 1. The van der Waals surface area contributed by atoms with Crippen LogP contribution in [0.2, 0.25) is 0 Å². The van der Waals surface area contributed by atoms with Crippen molar-refractivity contribution in [2.75, 3.05) is 17.3 Å². The van der Waals surface area contributed by atoms with Gasteiger partial charge in [0.25, 0.3) is 0 Å². The maximum absolute atomic E-state index is 13.3. The number of nitrogens with zero attached hydrogens (tertiary/aromatic N) is 3. The molecule has 1 amide bonds. The highest BCUT2D eigenvalue weighted by atomic mass is 32.2. The van der Waals surface area contributed by atoms with Crippen LogP contribution >= 0.6 is 11.8 Å². The SMILES string of the molecule is Cc1cc(SCC(=O)N2c3ccccc3OCC2c2ccccc2)nc(C)n1. The summed E-state index contributed by atoms with van der Waals surface area (Å²) in [4.78, 5) is 23.9. The van der Waals surface area contributed by atoms with Crippen molar-refractivity contribution in [2.24, 2.45) is 0 Å². The predicted octanol–water partition coefficient (Wildman–Crippen LogP) is 4.35. The first-order chi connectivity index (χ1) is 13.6. The number of ether oxygens (including phenoxy) is 1. The molecule has 0 radical (unpaired) electrons. The van der Waals surface area contributed by atoms with E-state index in [1.165, 1.54) is 11.8 Å². The Morgan fingerprint density at radius 1 is 1.11 bits per heavy atom. The van der Waals surface area contributed by atoms with E-state index in [2.05, 4.69) is 9.97 Å². The van der Waals surface area contributed by atoms with Gasteiger partial charge in [-0.05, 0) is 37.6 Å². The topological polar surface area (TPSA) is 55.3 Å². The molecule has 5 nitrogen and oxygen atoms in total. The van der Waals surface area contributed by atoms with E-state index in [-0.39, 0.29) is 11.9 Å². The number of anilines is 1. The minimum atomic E-state index is -0.155. The second-order valence-electron chi connectivity index (χ2n) is 6.65. The molecule has 1 aliphatic rings. The fraction of sp³-hybridized carbons (Fsp3) is 0.227.